The number of carbonyl (C=O) groups excluding carboxylic acids is 1. The van der Waals surface area contributed by atoms with Crippen LogP contribution in [0.3, 0.4) is 0 Å². The average molecular weight is 207 g/mol. The molecule has 0 aromatic carbocycles. The standard InChI is InChI=1S/C5H10N3O4P/c1-8-2-4(9)7-5(8)6-3-13(10,11)12/h2-3H2,1H3,(H,6,7,9)(H2,10,11,12). The van der Waals surface area contributed by atoms with E-state index in [4.69, 9.17) is 9.79 Å². The second-order valence-electron chi connectivity index (χ2n) is 2.69. The summed E-state index contributed by atoms with van der Waals surface area (Å²) in [5.74, 6) is -0.0275. The molecule has 0 atom stereocenters. The predicted molar refractivity (Wildman–Crippen MR) is 45.1 cm³/mol. The van der Waals surface area contributed by atoms with E-state index in [1.807, 2.05) is 0 Å². The van der Waals surface area contributed by atoms with Gasteiger partial charge in [-0.3, -0.25) is 14.7 Å². The highest BCUT2D eigenvalue weighted by Gasteiger charge is 2.22. The van der Waals surface area contributed by atoms with Crippen LogP contribution in [0.15, 0.2) is 4.99 Å². The molecule has 3 N–H and O–H groups in total. The summed E-state index contributed by atoms with van der Waals surface area (Å²) in [5, 5.41) is 2.37. The number of guanidine groups is 1. The highest BCUT2D eigenvalue weighted by atomic mass is 31.2. The molecule has 1 aliphatic rings. The van der Waals surface area contributed by atoms with Crippen LogP contribution in [0, 0.1) is 0 Å². The van der Waals surface area contributed by atoms with Gasteiger partial charge in [0.05, 0.1) is 6.54 Å². The Kier molecular flexibility index (Phi) is 2.70. The monoisotopic (exact) mass is 207 g/mol. The Balaban J connectivity index is 2.62. The summed E-state index contributed by atoms with van der Waals surface area (Å²) >= 11 is 0. The van der Waals surface area contributed by atoms with Crippen LogP contribution in [0.4, 0.5) is 0 Å². The summed E-state index contributed by atoms with van der Waals surface area (Å²) in [6.45, 7) is 0.167. The first kappa shape index (κ1) is 10.2. The number of likely N-dealkylation sites (N-methyl/N-ethyl adjacent to an activating group) is 1. The molecule has 0 unspecified atom stereocenters. The molecule has 1 rings (SSSR count). The molecule has 0 aromatic rings. The fourth-order valence-corrected chi connectivity index (χ4v) is 1.19. The number of carbonyl (C=O) groups is 1. The first-order valence-electron chi connectivity index (χ1n) is 3.48. The first-order chi connectivity index (χ1) is 5.88. The molecule has 0 aromatic heterocycles. The van der Waals surface area contributed by atoms with Gasteiger partial charge in [0.1, 0.15) is 6.29 Å². The summed E-state index contributed by atoms with van der Waals surface area (Å²) in [7, 11) is -2.52. The first-order valence-corrected chi connectivity index (χ1v) is 5.28. The minimum atomic E-state index is -4.13. The fourth-order valence-electron chi connectivity index (χ4n) is 0.869. The largest absolute Gasteiger partial charge is 0.346 e. The van der Waals surface area contributed by atoms with Crippen LogP contribution >= 0.6 is 7.60 Å². The summed E-state index contributed by atoms with van der Waals surface area (Å²) < 4.78 is 10.4. The second-order valence-corrected chi connectivity index (χ2v) is 4.30. The van der Waals surface area contributed by atoms with Crippen molar-refractivity contribution in [1.82, 2.24) is 10.2 Å². The molecule has 1 aliphatic heterocycles. The highest BCUT2D eigenvalue weighted by Crippen LogP contribution is 2.33. The summed E-state index contributed by atoms with van der Waals surface area (Å²) in [5.41, 5.74) is 0. The minimum absolute atomic E-state index is 0.167. The Labute approximate surface area is 74.6 Å². The number of nitrogens with one attached hydrogen (secondary N) is 1. The normalized spacial score (nSPS) is 21.0. The van der Waals surface area contributed by atoms with Crippen LogP contribution in [0.2, 0.25) is 0 Å². The molecule has 0 saturated carbocycles. The number of amides is 1. The van der Waals surface area contributed by atoms with E-state index in [0.717, 1.165) is 0 Å². The van der Waals surface area contributed by atoms with Gasteiger partial charge in [-0.05, 0) is 0 Å². The zero-order valence-electron chi connectivity index (χ0n) is 6.97. The Hall–Kier alpha value is -0.910. The van der Waals surface area contributed by atoms with Gasteiger partial charge < -0.3 is 14.7 Å². The molecule has 7 nitrogen and oxygen atoms in total. The van der Waals surface area contributed by atoms with E-state index in [-0.39, 0.29) is 18.4 Å². The van der Waals surface area contributed by atoms with Crippen molar-refractivity contribution in [3.63, 3.8) is 0 Å². The third-order valence-electron chi connectivity index (χ3n) is 1.40. The number of rotatable bonds is 2. The molecular formula is C5H10N3O4P. The third-order valence-corrected chi connectivity index (χ3v) is 1.91. The zero-order valence-corrected chi connectivity index (χ0v) is 7.86. The van der Waals surface area contributed by atoms with E-state index in [1.54, 1.807) is 7.05 Å². The van der Waals surface area contributed by atoms with Crippen molar-refractivity contribution in [1.29, 1.82) is 0 Å². The lowest BCUT2D eigenvalue weighted by molar-refractivity contribution is -0.118. The lowest BCUT2D eigenvalue weighted by atomic mass is 10.6. The van der Waals surface area contributed by atoms with Gasteiger partial charge in [0.15, 0.2) is 0 Å². The second kappa shape index (κ2) is 3.45. The molecule has 1 amide bonds. The van der Waals surface area contributed by atoms with Crippen LogP contribution in [0.25, 0.3) is 0 Å². The van der Waals surface area contributed by atoms with Gasteiger partial charge in [-0.25, -0.2) is 4.99 Å². The van der Waals surface area contributed by atoms with Crippen LogP contribution < -0.4 is 5.32 Å². The number of hydrogen-bond donors (Lipinski definition) is 3. The van der Waals surface area contributed by atoms with E-state index < -0.39 is 13.9 Å². The maximum Gasteiger partial charge on any atom is 0.346 e. The Morgan fingerprint density at radius 1 is 1.69 bits per heavy atom. The molecule has 8 heteroatoms. The fraction of sp³-hybridized carbons (Fsp3) is 0.600. The molecule has 1 fully saturated rings. The van der Waals surface area contributed by atoms with Gasteiger partial charge in [-0.1, -0.05) is 0 Å². The van der Waals surface area contributed by atoms with Crippen LogP contribution in [0.1, 0.15) is 0 Å². The third kappa shape index (κ3) is 3.14. The SMILES string of the molecule is CN1CC(=O)N/C1=N\CP(=O)(O)O. The van der Waals surface area contributed by atoms with Gasteiger partial charge in [-0.2, -0.15) is 0 Å². The van der Waals surface area contributed by atoms with Crippen LogP contribution in [-0.4, -0.2) is 46.4 Å². The molecule has 13 heavy (non-hydrogen) atoms. The maximum absolute atomic E-state index is 10.8. The van der Waals surface area contributed by atoms with E-state index >= 15 is 0 Å². The smallest absolute Gasteiger partial charge is 0.336 e. The number of nitrogens with zero attached hydrogens (tertiary/aromatic N) is 2. The van der Waals surface area contributed by atoms with Crippen molar-refractivity contribution in [2.75, 3.05) is 19.9 Å². The topological polar surface area (TPSA) is 102 Å². The zero-order chi connectivity index (χ0) is 10.1. The Bertz CT molecular complexity index is 296. The Morgan fingerprint density at radius 2 is 2.31 bits per heavy atom. The molecule has 1 heterocycles. The van der Waals surface area contributed by atoms with Crippen LogP contribution in [0.5, 0.6) is 0 Å². The lowest BCUT2D eigenvalue weighted by Crippen LogP contribution is -2.27. The van der Waals surface area contributed by atoms with E-state index in [9.17, 15) is 9.36 Å². The molecule has 0 spiro atoms. The van der Waals surface area contributed by atoms with Crippen molar-refractivity contribution in [2.24, 2.45) is 4.99 Å². The summed E-state index contributed by atoms with van der Waals surface area (Å²) in [4.78, 5) is 32.8. The van der Waals surface area contributed by atoms with Gasteiger partial charge >= 0.3 is 7.60 Å². The van der Waals surface area contributed by atoms with Gasteiger partial charge in [0.25, 0.3) is 0 Å². The molecular weight excluding hydrogens is 197 g/mol. The molecule has 0 aliphatic carbocycles. The maximum atomic E-state index is 10.8. The van der Waals surface area contributed by atoms with Gasteiger partial charge in [-0.15, -0.1) is 0 Å². The van der Waals surface area contributed by atoms with Gasteiger partial charge in [0.2, 0.25) is 11.9 Å². The van der Waals surface area contributed by atoms with Crippen molar-refractivity contribution in [3.8, 4) is 0 Å². The molecule has 0 bridgehead atoms. The minimum Gasteiger partial charge on any atom is -0.336 e. The average Bonchev–Trinajstić information content (AvgIpc) is 2.24. The summed E-state index contributed by atoms with van der Waals surface area (Å²) in [6.07, 6.45) is -0.604. The van der Waals surface area contributed by atoms with E-state index in [1.165, 1.54) is 4.90 Å². The van der Waals surface area contributed by atoms with Crippen molar-refractivity contribution in [3.05, 3.63) is 0 Å². The Morgan fingerprint density at radius 3 is 2.69 bits per heavy atom. The van der Waals surface area contributed by atoms with Crippen molar-refractivity contribution >= 4 is 19.5 Å². The molecule has 1 saturated heterocycles. The molecule has 74 valence electrons. The lowest BCUT2D eigenvalue weighted by Gasteiger charge is -2.08. The predicted octanol–water partition coefficient (Wildman–Crippen LogP) is -1.46. The highest BCUT2D eigenvalue weighted by molar-refractivity contribution is 7.51. The quantitative estimate of drug-likeness (QED) is 0.480. The van der Waals surface area contributed by atoms with E-state index in [2.05, 4.69) is 10.3 Å². The van der Waals surface area contributed by atoms with Gasteiger partial charge in [0, 0.05) is 7.05 Å². The van der Waals surface area contributed by atoms with Crippen molar-refractivity contribution < 1.29 is 19.1 Å². The number of aliphatic imine (C=N–C) groups is 1. The molecule has 0 radical (unpaired) electrons. The van der Waals surface area contributed by atoms with Crippen molar-refractivity contribution in [2.45, 2.75) is 0 Å². The van der Waals surface area contributed by atoms with E-state index in [0.29, 0.717) is 0 Å². The number of hydrogen-bond acceptors (Lipinski definition) is 3. The van der Waals surface area contributed by atoms with Crippen LogP contribution in [-0.2, 0) is 9.36 Å². The summed E-state index contributed by atoms with van der Waals surface area (Å²) in [6, 6.07) is 0.